The summed E-state index contributed by atoms with van der Waals surface area (Å²) in [5, 5.41) is 0. The molecule has 154 valence electrons. The molecule has 0 aromatic heterocycles. The van der Waals surface area contributed by atoms with Gasteiger partial charge in [0.15, 0.2) is 0 Å². The molecule has 1 aromatic rings. The number of urea groups is 1. The zero-order valence-corrected chi connectivity index (χ0v) is 17.3. The number of piperidine rings is 2. The minimum absolute atomic E-state index is 0.251. The Kier molecular flexibility index (Phi) is 5.60. The van der Waals surface area contributed by atoms with Gasteiger partial charge in [-0.3, -0.25) is 9.80 Å². The lowest BCUT2D eigenvalue weighted by atomic mass is 9.80. The molecule has 2 atom stereocenters. The second-order valence-electron chi connectivity index (χ2n) is 8.31. The molecule has 3 aliphatic rings. The number of rotatable bonds is 2. The Morgan fingerprint density at radius 3 is 2.72 bits per heavy atom. The number of aliphatic imine (C=N–C) groups is 1. The highest BCUT2D eigenvalue weighted by Gasteiger charge is 2.54. The maximum Gasteiger partial charge on any atom is 0.350 e. The van der Waals surface area contributed by atoms with Crippen molar-refractivity contribution >= 4 is 17.6 Å². The average molecular weight is 397 g/mol. The second-order valence-corrected chi connectivity index (χ2v) is 8.31. The Morgan fingerprint density at radius 2 is 2.03 bits per heavy atom. The number of carbonyl (C=O) groups excluding carboxylic acids is 1. The predicted octanol–water partition coefficient (Wildman–Crippen LogP) is 3.90. The highest BCUT2D eigenvalue weighted by molar-refractivity contribution is 6.16. The molecule has 1 spiro atoms. The normalized spacial score (nSPS) is 27.8. The largest absolute Gasteiger partial charge is 0.358 e. The minimum Gasteiger partial charge on any atom is -0.358 e. The van der Waals surface area contributed by atoms with Crippen LogP contribution in [0.2, 0.25) is 0 Å². The molecule has 2 saturated heterocycles. The summed E-state index contributed by atoms with van der Waals surface area (Å²) < 4.78 is 14.0. The van der Waals surface area contributed by atoms with E-state index in [0.29, 0.717) is 5.69 Å². The molecular formula is C23H29FN4O. The van der Waals surface area contributed by atoms with E-state index in [4.69, 9.17) is 0 Å². The third kappa shape index (κ3) is 3.64. The minimum atomic E-state index is -0.516. The van der Waals surface area contributed by atoms with Crippen LogP contribution in [0.4, 0.5) is 14.9 Å². The molecule has 0 saturated carbocycles. The van der Waals surface area contributed by atoms with Gasteiger partial charge in [-0.05, 0) is 64.2 Å². The van der Waals surface area contributed by atoms with Gasteiger partial charge in [0.2, 0.25) is 0 Å². The quantitative estimate of drug-likeness (QED) is 0.712. The van der Waals surface area contributed by atoms with Crippen molar-refractivity contribution in [2.24, 2.45) is 4.99 Å². The van der Waals surface area contributed by atoms with Crippen LogP contribution < -0.4 is 4.90 Å². The number of benzene rings is 1. The number of halogens is 1. The Labute approximate surface area is 172 Å². The SMILES string of the molecule is CC#CCN1CCC2(CC1C)C(N1CCCCC1)=NC(=O)N2c1cccc(F)c1. The summed E-state index contributed by atoms with van der Waals surface area (Å²) in [4.78, 5) is 24.1. The standard InChI is InChI=1S/C23H29FN4O/c1-3-4-12-26-15-11-23(17-18(26)2)21(27-13-6-5-7-14-27)25-22(29)28(23)20-10-8-9-19(24)16-20/h8-10,16,18H,5-7,11-15,17H2,1-2H3. The van der Waals surface area contributed by atoms with Gasteiger partial charge in [0.25, 0.3) is 0 Å². The highest BCUT2D eigenvalue weighted by Crippen LogP contribution is 2.42. The smallest absolute Gasteiger partial charge is 0.350 e. The molecule has 2 fully saturated rings. The van der Waals surface area contributed by atoms with Crippen LogP contribution in [0.15, 0.2) is 29.3 Å². The van der Waals surface area contributed by atoms with Gasteiger partial charge in [0.1, 0.15) is 17.2 Å². The van der Waals surface area contributed by atoms with Crippen LogP contribution in [0.25, 0.3) is 0 Å². The lowest BCUT2D eigenvalue weighted by molar-refractivity contribution is 0.140. The Bertz CT molecular complexity index is 867. The zero-order chi connectivity index (χ0) is 20.4. The van der Waals surface area contributed by atoms with Crippen LogP contribution >= 0.6 is 0 Å². The fourth-order valence-electron chi connectivity index (χ4n) is 5.06. The lowest BCUT2D eigenvalue weighted by Gasteiger charge is -2.49. The summed E-state index contributed by atoms with van der Waals surface area (Å²) in [7, 11) is 0. The maximum absolute atomic E-state index is 14.0. The van der Waals surface area contributed by atoms with E-state index in [0.717, 1.165) is 57.7 Å². The number of amidine groups is 1. The van der Waals surface area contributed by atoms with E-state index >= 15 is 0 Å². The molecule has 2 amide bonds. The van der Waals surface area contributed by atoms with Crippen molar-refractivity contribution in [3.05, 3.63) is 30.1 Å². The van der Waals surface area contributed by atoms with Crippen molar-refractivity contribution in [2.45, 2.75) is 57.5 Å². The van der Waals surface area contributed by atoms with E-state index in [1.54, 1.807) is 11.0 Å². The van der Waals surface area contributed by atoms with Crippen molar-refractivity contribution in [3.63, 3.8) is 0 Å². The number of hydrogen-bond acceptors (Lipinski definition) is 3. The van der Waals surface area contributed by atoms with Crippen molar-refractivity contribution < 1.29 is 9.18 Å². The molecule has 3 aliphatic heterocycles. The summed E-state index contributed by atoms with van der Waals surface area (Å²) >= 11 is 0. The average Bonchev–Trinajstić information content (AvgIpc) is 2.99. The highest BCUT2D eigenvalue weighted by atomic mass is 19.1. The first kappa shape index (κ1) is 19.9. The third-order valence-electron chi connectivity index (χ3n) is 6.49. The molecule has 0 aliphatic carbocycles. The second kappa shape index (κ2) is 8.16. The van der Waals surface area contributed by atoms with Crippen molar-refractivity contribution in [1.82, 2.24) is 9.80 Å². The molecule has 29 heavy (non-hydrogen) atoms. The number of hydrogen-bond donors (Lipinski definition) is 0. The predicted molar refractivity (Wildman–Crippen MR) is 114 cm³/mol. The fraction of sp³-hybridized carbons (Fsp3) is 0.565. The molecule has 1 aromatic carbocycles. The van der Waals surface area contributed by atoms with Crippen LogP contribution in [0.5, 0.6) is 0 Å². The van der Waals surface area contributed by atoms with Crippen molar-refractivity contribution in [3.8, 4) is 11.8 Å². The molecule has 0 N–H and O–H groups in total. The Morgan fingerprint density at radius 1 is 1.24 bits per heavy atom. The van der Waals surface area contributed by atoms with Crippen LogP contribution in [0.3, 0.4) is 0 Å². The van der Waals surface area contributed by atoms with E-state index in [-0.39, 0.29) is 17.9 Å². The number of nitrogens with zero attached hydrogens (tertiary/aromatic N) is 4. The van der Waals surface area contributed by atoms with Crippen molar-refractivity contribution in [1.29, 1.82) is 0 Å². The molecule has 0 radical (unpaired) electrons. The van der Waals surface area contributed by atoms with Gasteiger partial charge in [0.05, 0.1) is 6.54 Å². The van der Waals surface area contributed by atoms with Gasteiger partial charge < -0.3 is 4.90 Å². The molecule has 0 bridgehead atoms. The fourth-order valence-corrected chi connectivity index (χ4v) is 5.06. The van der Waals surface area contributed by atoms with Gasteiger partial charge in [0, 0.05) is 31.4 Å². The van der Waals surface area contributed by atoms with Crippen LogP contribution in [-0.2, 0) is 0 Å². The molecule has 4 rings (SSSR count). The van der Waals surface area contributed by atoms with Gasteiger partial charge in [-0.2, -0.15) is 4.99 Å². The van der Waals surface area contributed by atoms with Crippen LogP contribution in [0, 0.1) is 17.7 Å². The molecular weight excluding hydrogens is 367 g/mol. The van der Waals surface area contributed by atoms with E-state index in [1.165, 1.54) is 18.6 Å². The van der Waals surface area contributed by atoms with E-state index in [9.17, 15) is 9.18 Å². The number of amides is 2. The van der Waals surface area contributed by atoms with Gasteiger partial charge in [-0.1, -0.05) is 12.0 Å². The van der Waals surface area contributed by atoms with Gasteiger partial charge in [-0.15, -0.1) is 5.92 Å². The van der Waals surface area contributed by atoms with Gasteiger partial charge in [-0.25, -0.2) is 9.18 Å². The monoisotopic (exact) mass is 396 g/mol. The molecule has 2 unspecified atom stereocenters. The van der Waals surface area contributed by atoms with Crippen molar-refractivity contribution in [2.75, 3.05) is 31.1 Å². The maximum atomic E-state index is 14.0. The summed E-state index contributed by atoms with van der Waals surface area (Å²) in [5.41, 5.74) is 0.0809. The Balaban J connectivity index is 1.72. The summed E-state index contributed by atoms with van der Waals surface area (Å²) in [5.74, 6) is 6.70. The summed E-state index contributed by atoms with van der Waals surface area (Å²) in [6.07, 6.45) is 5.02. The van der Waals surface area contributed by atoms with Gasteiger partial charge >= 0.3 is 6.03 Å². The molecule has 6 heteroatoms. The molecule has 5 nitrogen and oxygen atoms in total. The first-order chi connectivity index (χ1) is 14.0. The molecule has 3 heterocycles. The zero-order valence-electron chi connectivity index (χ0n) is 17.3. The summed E-state index contributed by atoms with van der Waals surface area (Å²) in [6, 6.07) is 6.33. The topological polar surface area (TPSA) is 39.1 Å². The lowest BCUT2D eigenvalue weighted by Crippen LogP contribution is -2.64. The number of carbonyl (C=O) groups is 1. The summed E-state index contributed by atoms with van der Waals surface area (Å²) in [6.45, 7) is 7.49. The van der Waals surface area contributed by atoms with E-state index in [1.807, 2.05) is 13.0 Å². The first-order valence-electron chi connectivity index (χ1n) is 10.6. The van der Waals surface area contributed by atoms with E-state index < -0.39 is 5.54 Å². The van der Waals surface area contributed by atoms with Crippen LogP contribution in [0.1, 0.15) is 46.0 Å². The van der Waals surface area contributed by atoms with Crippen LogP contribution in [-0.4, -0.2) is 59.4 Å². The first-order valence-corrected chi connectivity index (χ1v) is 10.6. The van der Waals surface area contributed by atoms with E-state index in [2.05, 4.69) is 33.6 Å². The third-order valence-corrected chi connectivity index (χ3v) is 6.49. The number of likely N-dealkylation sites (tertiary alicyclic amines) is 2. The number of anilines is 1. The Hall–Kier alpha value is -2.39.